The molecule has 3 heterocycles. The maximum Gasteiger partial charge on any atom is 0.256 e. The Morgan fingerprint density at radius 1 is 1.15 bits per heavy atom. The van der Waals surface area contributed by atoms with Crippen molar-refractivity contribution in [1.29, 1.82) is 0 Å². The second-order valence-electron chi connectivity index (χ2n) is 6.86. The van der Waals surface area contributed by atoms with Crippen molar-refractivity contribution in [3.8, 4) is 0 Å². The average Bonchev–Trinajstić information content (AvgIpc) is 3.32. The molecule has 1 saturated heterocycles. The first-order valence-corrected chi connectivity index (χ1v) is 9.82. The summed E-state index contributed by atoms with van der Waals surface area (Å²) in [6, 6.07) is 16.2. The highest BCUT2D eigenvalue weighted by Crippen LogP contribution is 2.33. The fraction of sp³-hybridized carbons (Fsp3) is 0.238. The number of H-pyrrole nitrogens is 1. The first-order valence-electron chi connectivity index (χ1n) is 9.00. The number of nitrogens with one attached hydrogen (secondary N) is 1. The normalized spacial score (nSPS) is 17.8. The number of hydrogen-bond donors (Lipinski definition) is 1. The topological polar surface area (TPSA) is 49.0 Å². The van der Waals surface area contributed by atoms with E-state index in [9.17, 15) is 4.79 Å². The SMILES string of the molecule is O=C(c1c[nH]c2ccccc12)N1CCC[C@@H](c2nc3ccccc3s2)C1. The van der Waals surface area contributed by atoms with E-state index >= 15 is 0 Å². The number of rotatable bonds is 2. The van der Waals surface area contributed by atoms with Crippen LogP contribution in [0.1, 0.15) is 34.1 Å². The fourth-order valence-corrected chi connectivity index (χ4v) is 4.94. The van der Waals surface area contributed by atoms with Gasteiger partial charge in [0.2, 0.25) is 0 Å². The van der Waals surface area contributed by atoms with E-state index in [2.05, 4.69) is 23.2 Å². The van der Waals surface area contributed by atoms with Gasteiger partial charge in [0, 0.05) is 36.1 Å². The lowest BCUT2D eigenvalue weighted by Crippen LogP contribution is -2.39. The molecule has 1 atom stereocenters. The van der Waals surface area contributed by atoms with Crippen LogP contribution in [0, 0.1) is 0 Å². The standard InChI is InChI=1S/C21H19N3OS/c25-21(16-12-22-17-8-2-1-7-15(16)17)24-11-5-6-14(13-24)20-23-18-9-3-4-10-19(18)26-20/h1-4,7-10,12,14,22H,5-6,11,13H2/t14-/m1/s1. The molecule has 0 spiro atoms. The number of carbonyl (C=O) groups excluding carboxylic acids is 1. The number of likely N-dealkylation sites (tertiary alicyclic amines) is 1. The Labute approximate surface area is 155 Å². The smallest absolute Gasteiger partial charge is 0.256 e. The van der Waals surface area contributed by atoms with Crippen LogP contribution in [-0.4, -0.2) is 33.9 Å². The van der Waals surface area contributed by atoms with Crippen molar-refractivity contribution >= 4 is 38.4 Å². The number of fused-ring (bicyclic) bond motifs is 2. The van der Waals surface area contributed by atoms with Crippen molar-refractivity contribution in [2.75, 3.05) is 13.1 Å². The van der Waals surface area contributed by atoms with Crippen molar-refractivity contribution in [1.82, 2.24) is 14.9 Å². The average molecular weight is 361 g/mol. The molecule has 0 aliphatic carbocycles. The van der Waals surface area contributed by atoms with Crippen LogP contribution < -0.4 is 0 Å². The van der Waals surface area contributed by atoms with E-state index in [1.54, 1.807) is 11.3 Å². The van der Waals surface area contributed by atoms with Gasteiger partial charge in [-0.2, -0.15) is 0 Å². The molecular weight excluding hydrogens is 342 g/mol. The lowest BCUT2D eigenvalue weighted by Gasteiger charge is -2.31. The molecule has 5 rings (SSSR count). The Balaban J connectivity index is 1.42. The minimum absolute atomic E-state index is 0.119. The van der Waals surface area contributed by atoms with Gasteiger partial charge in [-0.3, -0.25) is 4.79 Å². The molecule has 1 N–H and O–H groups in total. The van der Waals surface area contributed by atoms with Gasteiger partial charge in [0.05, 0.1) is 20.8 Å². The quantitative estimate of drug-likeness (QED) is 0.558. The maximum absolute atomic E-state index is 13.1. The molecule has 26 heavy (non-hydrogen) atoms. The van der Waals surface area contributed by atoms with E-state index in [4.69, 9.17) is 4.98 Å². The zero-order valence-corrected chi connectivity index (χ0v) is 15.1. The fourth-order valence-electron chi connectivity index (χ4n) is 3.85. The lowest BCUT2D eigenvalue weighted by atomic mass is 9.98. The Kier molecular flexibility index (Phi) is 3.75. The van der Waals surface area contributed by atoms with Crippen LogP contribution >= 0.6 is 11.3 Å². The van der Waals surface area contributed by atoms with Gasteiger partial charge in [-0.05, 0) is 31.0 Å². The summed E-state index contributed by atoms with van der Waals surface area (Å²) in [5.74, 6) is 0.448. The van der Waals surface area contributed by atoms with Crippen molar-refractivity contribution < 1.29 is 4.79 Å². The highest BCUT2D eigenvalue weighted by molar-refractivity contribution is 7.18. The number of piperidine rings is 1. The minimum atomic E-state index is 0.119. The molecule has 0 saturated carbocycles. The van der Waals surface area contributed by atoms with E-state index < -0.39 is 0 Å². The molecule has 1 aliphatic rings. The second-order valence-corrected chi connectivity index (χ2v) is 7.92. The first-order chi connectivity index (χ1) is 12.8. The van der Waals surface area contributed by atoms with Gasteiger partial charge in [0.25, 0.3) is 5.91 Å². The molecule has 130 valence electrons. The van der Waals surface area contributed by atoms with Crippen LogP contribution in [0.4, 0.5) is 0 Å². The number of aromatic nitrogens is 2. The monoisotopic (exact) mass is 361 g/mol. The van der Waals surface area contributed by atoms with Crippen LogP contribution in [0.15, 0.2) is 54.7 Å². The number of thiazole rings is 1. The molecule has 4 aromatic rings. The van der Waals surface area contributed by atoms with Crippen LogP contribution in [0.3, 0.4) is 0 Å². The Hall–Kier alpha value is -2.66. The summed E-state index contributed by atoms with van der Waals surface area (Å²) in [6.07, 6.45) is 3.96. The zero-order valence-electron chi connectivity index (χ0n) is 14.3. The Morgan fingerprint density at radius 2 is 2.00 bits per heavy atom. The molecule has 5 heteroatoms. The number of amides is 1. The van der Waals surface area contributed by atoms with Crippen LogP contribution in [-0.2, 0) is 0 Å². The van der Waals surface area contributed by atoms with Gasteiger partial charge < -0.3 is 9.88 Å². The number of hydrogen-bond acceptors (Lipinski definition) is 3. The van der Waals surface area contributed by atoms with Crippen molar-refractivity contribution in [3.05, 3.63) is 65.3 Å². The molecule has 0 unspecified atom stereocenters. The van der Waals surface area contributed by atoms with Gasteiger partial charge in [0.1, 0.15) is 0 Å². The maximum atomic E-state index is 13.1. The molecule has 0 radical (unpaired) electrons. The van der Waals surface area contributed by atoms with E-state index in [-0.39, 0.29) is 5.91 Å². The van der Waals surface area contributed by atoms with Gasteiger partial charge >= 0.3 is 0 Å². The largest absolute Gasteiger partial charge is 0.360 e. The highest BCUT2D eigenvalue weighted by Gasteiger charge is 2.28. The summed E-state index contributed by atoms with van der Waals surface area (Å²) < 4.78 is 1.22. The highest BCUT2D eigenvalue weighted by atomic mass is 32.1. The molecule has 4 nitrogen and oxygen atoms in total. The number of carbonyl (C=O) groups is 1. The van der Waals surface area contributed by atoms with Gasteiger partial charge in [-0.15, -0.1) is 11.3 Å². The molecule has 1 aliphatic heterocycles. The van der Waals surface area contributed by atoms with Crippen LogP contribution in [0.5, 0.6) is 0 Å². The predicted molar refractivity (Wildman–Crippen MR) is 106 cm³/mol. The number of nitrogens with zero attached hydrogens (tertiary/aromatic N) is 2. The van der Waals surface area contributed by atoms with Gasteiger partial charge in [-0.25, -0.2) is 4.98 Å². The number of aromatic amines is 1. The van der Waals surface area contributed by atoms with E-state index in [0.29, 0.717) is 5.92 Å². The first kappa shape index (κ1) is 15.6. The molecule has 0 bridgehead atoms. The molecule has 2 aromatic heterocycles. The van der Waals surface area contributed by atoms with Crippen molar-refractivity contribution in [3.63, 3.8) is 0 Å². The summed E-state index contributed by atoms with van der Waals surface area (Å²) in [5, 5.41) is 2.15. The molecular formula is C21H19N3OS. The van der Waals surface area contributed by atoms with Crippen molar-refractivity contribution in [2.45, 2.75) is 18.8 Å². The predicted octanol–water partition coefficient (Wildman–Crippen LogP) is 4.80. The summed E-state index contributed by atoms with van der Waals surface area (Å²) in [4.78, 5) is 23.1. The van der Waals surface area contributed by atoms with Crippen molar-refractivity contribution in [2.24, 2.45) is 0 Å². The Morgan fingerprint density at radius 3 is 2.92 bits per heavy atom. The van der Waals surface area contributed by atoms with Crippen LogP contribution in [0.2, 0.25) is 0 Å². The summed E-state index contributed by atoms with van der Waals surface area (Å²) in [5.41, 5.74) is 2.84. The molecule has 1 fully saturated rings. The minimum Gasteiger partial charge on any atom is -0.360 e. The van der Waals surface area contributed by atoms with E-state index in [0.717, 1.165) is 52.9 Å². The van der Waals surface area contributed by atoms with Gasteiger partial charge in [0.15, 0.2) is 0 Å². The molecule has 2 aromatic carbocycles. The summed E-state index contributed by atoms with van der Waals surface area (Å²) in [6.45, 7) is 1.57. The third-order valence-electron chi connectivity index (χ3n) is 5.19. The number of para-hydroxylation sites is 2. The Bertz CT molecular complexity index is 1060. The third-order valence-corrected chi connectivity index (χ3v) is 6.39. The van der Waals surface area contributed by atoms with Gasteiger partial charge in [-0.1, -0.05) is 30.3 Å². The summed E-state index contributed by atoms with van der Waals surface area (Å²) >= 11 is 1.76. The van der Waals surface area contributed by atoms with E-state index in [1.165, 1.54) is 4.70 Å². The third kappa shape index (κ3) is 2.59. The zero-order chi connectivity index (χ0) is 17.5. The molecule has 1 amide bonds. The van der Waals surface area contributed by atoms with Crippen LogP contribution in [0.25, 0.3) is 21.1 Å². The second kappa shape index (κ2) is 6.25. The summed E-state index contributed by atoms with van der Waals surface area (Å²) in [7, 11) is 0. The lowest BCUT2D eigenvalue weighted by molar-refractivity contribution is 0.0709. The number of benzene rings is 2. The van der Waals surface area contributed by atoms with E-state index in [1.807, 2.05) is 41.4 Å².